The molecule has 3 aromatic rings. The average Bonchev–Trinajstić information content (AvgIpc) is 3.20. The van der Waals surface area contributed by atoms with Gasteiger partial charge in [-0.25, -0.2) is 28.9 Å². The van der Waals surface area contributed by atoms with Gasteiger partial charge in [0.2, 0.25) is 5.54 Å². The van der Waals surface area contributed by atoms with Crippen LogP contribution in [0.1, 0.15) is 48.8 Å². The molecule has 3 rings (SSSR count). The number of nitrogens with one attached hydrogen (secondary N) is 1. The van der Waals surface area contributed by atoms with Crippen LogP contribution in [0, 0.1) is 0 Å². The van der Waals surface area contributed by atoms with Gasteiger partial charge in [-0.2, -0.15) is 13.2 Å². The molecule has 3 amide bonds. The van der Waals surface area contributed by atoms with Crippen molar-refractivity contribution in [3.63, 3.8) is 0 Å². The number of alkyl halides is 4. The standard InChI is InChI=1S/C36H40BrN3O10.C2HF3O2/c37-22-29(41)19-20-36(32(43)44,33(45)48-23-26-12-4-1-5-13-26)40(35(47)50-25-28-16-8-3-9-17-28)31(42)30(18-10-11-21-38)39-34(46)49-24-27-14-6-2-7-15-27;3-2(4,5)1(6)7/h1-9,12-17,30H,10-11,18-25,38H2,(H,39,46)(H,43,44);(H,6,7)/t30-,36-;/m0./s1. The first-order valence-corrected chi connectivity index (χ1v) is 18.2. The molecule has 0 radical (unpaired) electrons. The number of esters is 1. The summed E-state index contributed by atoms with van der Waals surface area (Å²) in [5, 5.41) is 20.1. The van der Waals surface area contributed by atoms with Crippen molar-refractivity contribution in [3.05, 3.63) is 108 Å². The van der Waals surface area contributed by atoms with E-state index < -0.39 is 85.6 Å². The first kappa shape index (κ1) is 47.3. The Morgan fingerprint density at radius 3 is 1.60 bits per heavy atom. The third kappa shape index (κ3) is 15.7. The molecular formula is C38H41BrF3N3O12. The number of carbonyl (C=O) groups is 7. The van der Waals surface area contributed by atoms with Crippen molar-refractivity contribution in [2.24, 2.45) is 5.73 Å². The summed E-state index contributed by atoms with van der Waals surface area (Å²) in [6.07, 6.45) is -8.47. The minimum Gasteiger partial charge on any atom is -0.479 e. The lowest BCUT2D eigenvalue weighted by molar-refractivity contribution is -0.192. The molecule has 3 aromatic carbocycles. The molecule has 0 unspecified atom stereocenters. The predicted octanol–water partition coefficient (Wildman–Crippen LogP) is 5.52. The molecule has 57 heavy (non-hydrogen) atoms. The maximum absolute atomic E-state index is 14.5. The van der Waals surface area contributed by atoms with Crippen molar-refractivity contribution in [3.8, 4) is 0 Å². The van der Waals surface area contributed by atoms with Crippen LogP contribution >= 0.6 is 15.9 Å². The number of carboxylic acids is 2. The van der Waals surface area contributed by atoms with Gasteiger partial charge in [0.15, 0.2) is 0 Å². The number of alkyl carbamates (subject to hydrolysis) is 1. The summed E-state index contributed by atoms with van der Waals surface area (Å²) in [4.78, 5) is 90.4. The lowest BCUT2D eigenvalue weighted by Gasteiger charge is -2.38. The fourth-order valence-corrected chi connectivity index (χ4v) is 5.14. The molecule has 5 N–H and O–H groups in total. The Bertz CT molecular complexity index is 1790. The SMILES string of the molecule is NCCCC[C@H](NC(=O)OCc1ccccc1)C(=O)N(C(=O)OCc1ccccc1)[C@@](CCC(=O)CBr)(C(=O)O)C(=O)OCc1ccccc1.O=C(O)C(F)(F)F. The van der Waals surface area contributed by atoms with E-state index in [2.05, 4.69) is 21.2 Å². The smallest absolute Gasteiger partial charge is 0.479 e. The first-order chi connectivity index (χ1) is 27.1. The number of imide groups is 1. The van der Waals surface area contributed by atoms with Gasteiger partial charge in [0.05, 0.1) is 5.33 Å². The third-order valence-electron chi connectivity index (χ3n) is 7.80. The number of nitrogens with two attached hydrogens (primary N) is 1. The Morgan fingerprint density at radius 2 is 1.18 bits per heavy atom. The predicted molar refractivity (Wildman–Crippen MR) is 198 cm³/mol. The summed E-state index contributed by atoms with van der Waals surface area (Å²) < 4.78 is 47.9. The van der Waals surface area contributed by atoms with E-state index >= 15 is 0 Å². The molecular weight excluding hydrogens is 827 g/mol. The van der Waals surface area contributed by atoms with Gasteiger partial charge in [-0.05, 0) is 48.9 Å². The van der Waals surface area contributed by atoms with E-state index in [1.54, 1.807) is 91.0 Å². The number of hydrogen-bond acceptors (Lipinski definition) is 11. The molecule has 0 saturated carbocycles. The highest BCUT2D eigenvalue weighted by molar-refractivity contribution is 9.09. The number of ether oxygens (including phenoxy) is 3. The molecule has 2 atom stereocenters. The Hall–Kier alpha value is -5.82. The highest BCUT2D eigenvalue weighted by Gasteiger charge is 2.59. The number of carboxylic acid groups (broad SMARTS) is 2. The first-order valence-electron chi connectivity index (χ1n) is 17.1. The fraction of sp³-hybridized carbons (Fsp3) is 0.342. The van der Waals surface area contributed by atoms with Crippen LogP contribution in [-0.4, -0.2) is 86.5 Å². The normalized spacial score (nSPS) is 12.3. The van der Waals surface area contributed by atoms with Gasteiger partial charge in [-0.15, -0.1) is 0 Å². The monoisotopic (exact) mass is 867 g/mol. The number of halogens is 4. The van der Waals surface area contributed by atoms with Gasteiger partial charge >= 0.3 is 36.3 Å². The second-order valence-electron chi connectivity index (χ2n) is 12.0. The lowest BCUT2D eigenvalue weighted by atomic mass is 9.89. The van der Waals surface area contributed by atoms with Crippen LogP contribution in [0.2, 0.25) is 0 Å². The van der Waals surface area contributed by atoms with Crippen LogP contribution in [-0.2, 0) is 58.0 Å². The van der Waals surface area contributed by atoms with E-state index in [1.807, 2.05) is 0 Å². The van der Waals surface area contributed by atoms with Gasteiger partial charge in [-0.1, -0.05) is 107 Å². The molecule has 0 heterocycles. The van der Waals surface area contributed by atoms with Crippen LogP contribution in [0.5, 0.6) is 0 Å². The summed E-state index contributed by atoms with van der Waals surface area (Å²) in [5.74, 6) is -8.00. The fourth-order valence-electron chi connectivity index (χ4n) is 4.86. The van der Waals surface area contributed by atoms with E-state index in [0.29, 0.717) is 23.1 Å². The second-order valence-corrected chi connectivity index (χ2v) is 12.5. The molecule has 15 nitrogen and oxygen atoms in total. The topological polar surface area (TPSA) is 229 Å². The number of benzene rings is 3. The van der Waals surface area contributed by atoms with Crippen molar-refractivity contribution in [1.82, 2.24) is 10.2 Å². The molecule has 0 aliphatic rings. The third-order valence-corrected chi connectivity index (χ3v) is 8.43. The van der Waals surface area contributed by atoms with E-state index in [9.17, 15) is 47.0 Å². The molecule has 0 aromatic heterocycles. The van der Waals surface area contributed by atoms with Crippen LogP contribution in [0.4, 0.5) is 22.8 Å². The van der Waals surface area contributed by atoms with E-state index in [0.717, 1.165) is 0 Å². The zero-order valence-electron chi connectivity index (χ0n) is 30.3. The molecule has 0 bridgehead atoms. The molecule has 0 spiro atoms. The van der Waals surface area contributed by atoms with Crippen molar-refractivity contribution in [1.29, 1.82) is 0 Å². The zero-order valence-corrected chi connectivity index (χ0v) is 31.9. The van der Waals surface area contributed by atoms with Gasteiger partial charge in [0, 0.05) is 6.42 Å². The zero-order chi connectivity index (χ0) is 42.4. The Morgan fingerprint density at radius 1 is 0.719 bits per heavy atom. The maximum Gasteiger partial charge on any atom is 0.490 e. The molecule has 0 saturated heterocycles. The van der Waals surface area contributed by atoms with Crippen LogP contribution in [0.3, 0.4) is 0 Å². The van der Waals surface area contributed by atoms with E-state index in [1.165, 1.54) is 0 Å². The number of rotatable bonds is 19. The summed E-state index contributed by atoms with van der Waals surface area (Å²) in [5.41, 5.74) is 4.22. The number of amides is 3. The van der Waals surface area contributed by atoms with Crippen molar-refractivity contribution in [2.75, 3.05) is 11.9 Å². The number of hydrogen-bond donors (Lipinski definition) is 4. The number of unbranched alkanes of at least 4 members (excludes halogenated alkanes) is 1. The summed E-state index contributed by atoms with van der Waals surface area (Å²) in [7, 11) is 0. The summed E-state index contributed by atoms with van der Waals surface area (Å²) >= 11 is 3.02. The number of Topliss-reactive ketones (excluding diaryl/α,β-unsaturated/α-hetero) is 1. The number of carbonyl (C=O) groups excluding carboxylic acids is 5. The molecule has 308 valence electrons. The van der Waals surface area contributed by atoms with Crippen molar-refractivity contribution >= 4 is 57.7 Å². The number of ketones is 1. The number of aliphatic carboxylic acids is 2. The highest BCUT2D eigenvalue weighted by Crippen LogP contribution is 2.29. The van der Waals surface area contributed by atoms with Crippen LogP contribution in [0.15, 0.2) is 91.0 Å². The van der Waals surface area contributed by atoms with Gasteiger partial charge in [-0.3, -0.25) is 9.59 Å². The largest absolute Gasteiger partial charge is 0.490 e. The van der Waals surface area contributed by atoms with Gasteiger partial charge in [0.25, 0.3) is 5.91 Å². The lowest BCUT2D eigenvalue weighted by Crippen LogP contribution is -2.67. The number of nitrogens with zero attached hydrogens (tertiary/aromatic N) is 1. The second kappa shape index (κ2) is 24.0. The minimum absolute atomic E-state index is 0.117. The Balaban J connectivity index is 0.00000146. The summed E-state index contributed by atoms with van der Waals surface area (Å²) in [6.45, 7) is -0.727. The summed E-state index contributed by atoms with van der Waals surface area (Å²) in [6, 6.07) is 23.8. The Labute approximate surface area is 333 Å². The van der Waals surface area contributed by atoms with E-state index in [4.69, 9.17) is 29.8 Å². The average molecular weight is 869 g/mol. The van der Waals surface area contributed by atoms with Gasteiger partial charge in [0.1, 0.15) is 31.6 Å². The van der Waals surface area contributed by atoms with Crippen LogP contribution < -0.4 is 11.1 Å². The van der Waals surface area contributed by atoms with Crippen LogP contribution in [0.25, 0.3) is 0 Å². The molecule has 0 aliphatic carbocycles. The highest BCUT2D eigenvalue weighted by atomic mass is 79.9. The van der Waals surface area contributed by atoms with E-state index in [-0.39, 0.29) is 36.2 Å². The Kier molecular flexibility index (Phi) is 19.9. The quantitative estimate of drug-likeness (QED) is 0.0383. The molecule has 0 fully saturated rings. The van der Waals surface area contributed by atoms with Gasteiger partial charge < -0.3 is 35.5 Å². The maximum atomic E-state index is 14.5. The van der Waals surface area contributed by atoms with Crippen molar-refractivity contribution in [2.45, 2.75) is 69.7 Å². The molecule has 19 heteroatoms. The van der Waals surface area contributed by atoms with Crippen molar-refractivity contribution < 1.29 is 71.2 Å². The minimum atomic E-state index is -5.08. The molecule has 0 aliphatic heterocycles.